The van der Waals surface area contributed by atoms with Crippen molar-refractivity contribution in [2.45, 2.75) is 33.4 Å². The van der Waals surface area contributed by atoms with Gasteiger partial charge in [-0.15, -0.1) is 0 Å². The Morgan fingerprint density at radius 2 is 2.28 bits per heavy atom. The molecule has 104 valence electrons. The summed E-state index contributed by atoms with van der Waals surface area (Å²) in [6, 6.07) is 0. The lowest BCUT2D eigenvalue weighted by Crippen LogP contribution is -2.30. The minimum Gasteiger partial charge on any atom is -0.385 e. The number of nitrogens with one attached hydrogen (secondary N) is 1. The molecule has 0 radical (unpaired) electrons. The highest BCUT2D eigenvalue weighted by molar-refractivity contribution is 4.96. The number of methoxy groups -OCH3 is 1. The number of nitrogens with zero attached hydrogens (tertiary/aromatic N) is 2. The van der Waals surface area contributed by atoms with Crippen molar-refractivity contribution in [2.24, 2.45) is 11.1 Å². The third-order valence-corrected chi connectivity index (χ3v) is 2.97. The zero-order valence-corrected chi connectivity index (χ0v) is 11.8. The normalized spacial score (nSPS) is 12.0. The second-order valence-electron chi connectivity index (χ2n) is 5.40. The molecular weight excluding hydrogens is 228 g/mol. The maximum absolute atomic E-state index is 5.50. The number of hydrogen-bond acceptors (Lipinski definition) is 4. The molecule has 0 amide bonds. The third kappa shape index (κ3) is 5.62. The van der Waals surface area contributed by atoms with Gasteiger partial charge in [0.1, 0.15) is 0 Å². The maximum atomic E-state index is 5.50. The number of rotatable bonds is 9. The quantitative estimate of drug-likeness (QED) is 0.690. The van der Waals surface area contributed by atoms with Crippen LogP contribution in [0, 0.1) is 5.41 Å². The van der Waals surface area contributed by atoms with Gasteiger partial charge in [-0.25, -0.2) is 4.98 Å². The highest BCUT2D eigenvalue weighted by Crippen LogP contribution is 2.18. The van der Waals surface area contributed by atoms with Gasteiger partial charge in [0.25, 0.3) is 0 Å². The Morgan fingerprint density at radius 3 is 2.94 bits per heavy atom. The molecule has 0 aliphatic carbocycles. The van der Waals surface area contributed by atoms with E-state index in [1.165, 1.54) is 0 Å². The maximum Gasteiger partial charge on any atom is 0.0950 e. The largest absolute Gasteiger partial charge is 0.385 e. The monoisotopic (exact) mass is 254 g/mol. The van der Waals surface area contributed by atoms with Gasteiger partial charge in [-0.05, 0) is 11.8 Å². The fourth-order valence-electron chi connectivity index (χ4n) is 1.76. The van der Waals surface area contributed by atoms with Crippen LogP contribution in [0.5, 0.6) is 0 Å². The fraction of sp³-hybridized carbons (Fsp3) is 0.769. The van der Waals surface area contributed by atoms with E-state index in [0.717, 1.165) is 38.4 Å². The van der Waals surface area contributed by atoms with Crippen molar-refractivity contribution in [3.05, 3.63) is 18.2 Å². The highest BCUT2D eigenvalue weighted by atomic mass is 16.5. The SMILES string of the molecule is COCCC(C)(C)CNCc1cn(CCN)cn1. The van der Waals surface area contributed by atoms with Crippen LogP contribution in [0.3, 0.4) is 0 Å². The summed E-state index contributed by atoms with van der Waals surface area (Å²) in [5, 5.41) is 3.44. The van der Waals surface area contributed by atoms with E-state index in [1.807, 2.05) is 17.1 Å². The lowest BCUT2D eigenvalue weighted by molar-refractivity contribution is 0.150. The molecule has 5 nitrogen and oxygen atoms in total. The van der Waals surface area contributed by atoms with E-state index in [2.05, 4.69) is 24.1 Å². The van der Waals surface area contributed by atoms with Crippen LogP contribution < -0.4 is 11.1 Å². The van der Waals surface area contributed by atoms with Gasteiger partial charge >= 0.3 is 0 Å². The molecule has 1 heterocycles. The Hall–Kier alpha value is -0.910. The molecule has 1 aromatic rings. The molecule has 5 heteroatoms. The molecule has 0 aliphatic rings. The first-order valence-electron chi connectivity index (χ1n) is 6.48. The number of ether oxygens (including phenoxy) is 1. The van der Waals surface area contributed by atoms with Crippen LogP contribution >= 0.6 is 0 Å². The van der Waals surface area contributed by atoms with Gasteiger partial charge in [-0.2, -0.15) is 0 Å². The van der Waals surface area contributed by atoms with E-state index >= 15 is 0 Å². The van der Waals surface area contributed by atoms with Crippen LogP contribution in [0.1, 0.15) is 26.0 Å². The minimum atomic E-state index is 0.246. The van der Waals surface area contributed by atoms with Gasteiger partial charge in [0.15, 0.2) is 0 Å². The Morgan fingerprint density at radius 1 is 1.50 bits per heavy atom. The molecule has 0 aliphatic heterocycles. The van der Waals surface area contributed by atoms with Gasteiger partial charge in [-0.1, -0.05) is 13.8 Å². The Labute approximate surface area is 110 Å². The van der Waals surface area contributed by atoms with Gasteiger partial charge in [0.05, 0.1) is 12.0 Å². The smallest absolute Gasteiger partial charge is 0.0950 e. The number of imidazole rings is 1. The molecule has 0 bridgehead atoms. The van der Waals surface area contributed by atoms with Crippen molar-refractivity contribution < 1.29 is 4.74 Å². The van der Waals surface area contributed by atoms with Crippen molar-refractivity contribution in [3.8, 4) is 0 Å². The van der Waals surface area contributed by atoms with Crippen LogP contribution in [-0.2, 0) is 17.8 Å². The van der Waals surface area contributed by atoms with Crippen LogP contribution in [0.25, 0.3) is 0 Å². The summed E-state index contributed by atoms with van der Waals surface area (Å²) in [5.74, 6) is 0. The second kappa shape index (κ2) is 7.51. The lowest BCUT2D eigenvalue weighted by atomic mass is 9.90. The molecule has 18 heavy (non-hydrogen) atoms. The summed E-state index contributed by atoms with van der Waals surface area (Å²) in [4.78, 5) is 4.34. The van der Waals surface area contributed by atoms with E-state index < -0.39 is 0 Å². The summed E-state index contributed by atoms with van der Waals surface area (Å²) in [7, 11) is 1.74. The predicted octanol–water partition coefficient (Wildman–Crippen LogP) is 0.994. The molecule has 0 saturated carbocycles. The zero-order valence-electron chi connectivity index (χ0n) is 11.8. The summed E-state index contributed by atoms with van der Waals surface area (Å²) < 4.78 is 7.14. The van der Waals surface area contributed by atoms with Crippen molar-refractivity contribution in [1.29, 1.82) is 0 Å². The Bertz CT molecular complexity index is 335. The van der Waals surface area contributed by atoms with Crippen LogP contribution in [-0.4, -0.2) is 36.4 Å². The number of nitrogens with two attached hydrogens (primary N) is 1. The van der Waals surface area contributed by atoms with E-state index in [1.54, 1.807) is 7.11 Å². The first-order valence-corrected chi connectivity index (χ1v) is 6.48. The van der Waals surface area contributed by atoms with Crippen molar-refractivity contribution in [3.63, 3.8) is 0 Å². The third-order valence-electron chi connectivity index (χ3n) is 2.97. The molecule has 0 aromatic carbocycles. The molecule has 0 spiro atoms. The zero-order chi connectivity index (χ0) is 13.4. The molecule has 0 saturated heterocycles. The van der Waals surface area contributed by atoms with Crippen molar-refractivity contribution in [1.82, 2.24) is 14.9 Å². The van der Waals surface area contributed by atoms with E-state index in [9.17, 15) is 0 Å². The lowest BCUT2D eigenvalue weighted by Gasteiger charge is -2.24. The van der Waals surface area contributed by atoms with Gasteiger partial charge in [0.2, 0.25) is 0 Å². The molecule has 3 N–H and O–H groups in total. The summed E-state index contributed by atoms with van der Waals surface area (Å²) in [6.07, 6.45) is 4.93. The molecule has 1 rings (SSSR count). The molecule has 0 unspecified atom stereocenters. The topological polar surface area (TPSA) is 65.1 Å². The van der Waals surface area contributed by atoms with Crippen LogP contribution in [0.15, 0.2) is 12.5 Å². The minimum absolute atomic E-state index is 0.246. The standard InChI is InChI=1S/C13H26N4O/c1-13(2,4-7-18-3)10-15-8-12-9-17(6-5-14)11-16-12/h9,11,15H,4-8,10,14H2,1-3H3. The van der Waals surface area contributed by atoms with Crippen LogP contribution in [0.2, 0.25) is 0 Å². The van der Waals surface area contributed by atoms with Gasteiger partial charge in [-0.3, -0.25) is 0 Å². The van der Waals surface area contributed by atoms with Gasteiger partial charge in [0, 0.05) is 46.1 Å². The summed E-state index contributed by atoms with van der Waals surface area (Å²) in [5.41, 5.74) is 6.80. The van der Waals surface area contributed by atoms with Crippen molar-refractivity contribution >= 4 is 0 Å². The Balaban J connectivity index is 2.27. The highest BCUT2D eigenvalue weighted by Gasteiger charge is 2.16. The van der Waals surface area contributed by atoms with Crippen molar-refractivity contribution in [2.75, 3.05) is 26.8 Å². The fourth-order valence-corrected chi connectivity index (χ4v) is 1.76. The second-order valence-corrected chi connectivity index (χ2v) is 5.40. The number of aromatic nitrogens is 2. The first kappa shape index (κ1) is 15.1. The predicted molar refractivity (Wildman–Crippen MR) is 73.3 cm³/mol. The molecule has 0 atom stereocenters. The summed E-state index contributed by atoms with van der Waals surface area (Å²) >= 11 is 0. The Kier molecular flexibility index (Phi) is 6.32. The average molecular weight is 254 g/mol. The molecule has 1 aromatic heterocycles. The molecule has 0 fully saturated rings. The van der Waals surface area contributed by atoms with E-state index in [-0.39, 0.29) is 5.41 Å². The average Bonchev–Trinajstić information content (AvgIpc) is 2.75. The summed E-state index contributed by atoms with van der Waals surface area (Å²) in [6.45, 7) is 8.52. The van der Waals surface area contributed by atoms with Gasteiger partial charge < -0.3 is 20.4 Å². The van der Waals surface area contributed by atoms with Crippen LogP contribution in [0.4, 0.5) is 0 Å². The first-order chi connectivity index (χ1) is 8.57. The number of hydrogen-bond donors (Lipinski definition) is 2. The molecular formula is C13H26N4O. The van der Waals surface area contributed by atoms with E-state index in [0.29, 0.717) is 6.54 Å². The van der Waals surface area contributed by atoms with E-state index in [4.69, 9.17) is 10.5 Å².